The number of hydrogen-bond donors (Lipinski definition) is 2. The Balaban J connectivity index is 1.33. The molecule has 2 saturated heterocycles. The number of rotatable bonds is 4. The van der Waals surface area contributed by atoms with Gasteiger partial charge in [0.15, 0.2) is 0 Å². The average Bonchev–Trinajstić information content (AvgIpc) is 3.36. The summed E-state index contributed by atoms with van der Waals surface area (Å²) in [7, 11) is 0. The Morgan fingerprint density at radius 3 is 2.70 bits per heavy atom. The van der Waals surface area contributed by atoms with Crippen LogP contribution >= 0.6 is 11.3 Å². The number of anilines is 1. The van der Waals surface area contributed by atoms with Crippen LogP contribution in [0.2, 0.25) is 0 Å². The van der Waals surface area contributed by atoms with Crippen molar-refractivity contribution < 1.29 is 13.6 Å². The van der Waals surface area contributed by atoms with E-state index in [0.717, 1.165) is 52.9 Å². The molecule has 1 aromatic carbocycles. The highest BCUT2D eigenvalue weighted by atomic mass is 32.1. The van der Waals surface area contributed by atoms with Gasteiger partial charge in [-0.2, -0.15) is 0 Å². The van der Waals surface area contributed by atoms with Gasteiger partial charge in [-0.05, 0) is 55.3 Å². The van der Waals surface area contributed by atoms with E-state index in [0.29, 0.717) is 19.0 Å². The number of thiophene rings is 1. The molecule has 2 N–H and O–H groups in total. The lowest BCUT2D eigenvalue weighted by Crippen LogP contribution is -2.59. The van der Waals surface area contributed by atoms with Crippen molar-refractivity contribution in [3.63, 3.8) is 0 Å². The predicted molar refractivity (Wildman–Crippen MR) is 118 cm³/mol. The van der Waals surface area contributed by atoms with Gasteiger partial charge >= 0.3 is 0 Å². The molecule has 5 rings (SSSR count). The summed E-state index contributed by atoms with van der Waals surface area (Å²) in [5, 5.41) is 8.03. The fourth-order valence-corrected chi connectivity index (χ4v) is 6.18. The van der Waals surface area contributed by atoms with Gasteiger partial charge in [-0.3, -0.25) is 4.79 Å². The molecular weight excluding hydrogens is 404 g/mol. The second-order valence-corrected chi connectivity index (χ2v) is 10.3. The molecule has 4 nitrogen and oxygen atoms in total. The number of amides is 1. The number of hydrogen-bond acceptors (Lipinski definition) is 4. The summed E-state index contributed by atoms with van der Waals surface area (Å²) >= 11 is 1.49. The molecule has 30 heavy (non-hydrogen) atoms. The number of halogens is 2. The third kappa shape index (κ3) is 3.71. The summed E-state index contributed by atoms with van der Waals surface area (Å²) in [4.78, 5) is 15.8. The van der Waals surface area contributed by atoms with E-state index in [1.54, 1.807) is 0 Å². The summed E-state index contributed by atoms with van der Waals surface area (Å²) in [6.07, 6.45) is 4.27. The van der Waals surface area contributed by atoms with Crippen LogP contribution in [-0.2, 0) is 0 Å². The van der Waals surface area contributed by atoms with E-state index < -0.39 is 5.92 Å². The maximum absolute atomic E-state index is 13.5. The molecule has 2 aliphatic heterocycles. The largest absolute Gasteiger partial charge is 0.371 e. The van der Waals surface area contributed by atoms with Crippen molar-refractivity contribution in [2.45, 2.75) is 63.0 Å². The third-order valence-electron chi connectivity index (χ3n) is 7.25. The second-order valence-electron chi connectivity index (χ2n) is 9.17. The zero-order valence-electron chi connectivity index (χ0n) is 17.3. The molecule has 2 aromatic rings. The standard InChI is InChI=1S/C23H29F2N3OS/c1-2-15-5-10-26-22(6-7-22)20(15)27-21(29)19-13-16-3-4-17(14-18(16)30-19)28-11-8-23(24,25)9-12-28/h3-4,13-15,20,26H,2,5-12H2,1H3,(H,27,29). The van der Waals surface area contributed by atoms with E-state index in [2.05, 4.69) is 17.6 Å². The summed E-state index contributed by atoms with van der Waals surface area (Å²) < 4.78 is 28.0. The van der Waals surface area contributed by atoms with Crippen molar-refractivity contribution in [1.29, 1.82) is 0 Å². The molecule has 162 valence electrons. The van der Waals surface area contributed by atoms with Crippen LogP contribution in [0.3, 0.4) is 0 Å². The SMILES string of the molecule is CCC1CCNC2(CC2)C1NC(=O)c1cc2ccc(N3CCC(F)(F)CC3)cc2s1. The molecule has 3 fully saturated rings. The van der Waals surface area contributed by atoms with Gasteiger partial charge in [-0.1, -0.05) is 19.4 Å². The lowest BCUT2D eigenvalue weighted by Gasteiger charge is -2.39. The molecule has 1 amide bonds. The number of nitrogens with one attached hydrogen (secondary N) is 2. The monoisotopic (exact) mass is 433 g/mol. The van der Waals surface area contributed by atoms with Gasteiger partial charge in [-0.15, -0.1) is 11.3 Å². The zero-order chi connectivity index (χ0) is 20.9. The molecule has 3 aliphatic rings. The zero-order valence-corrected chi connectivity index (χ0v) is 18.2. The van der Waals surface area contributed by atoms with Crippen molar-refractivity contribution in [3.05, 3.63) is 29.1 Å². The Kier molecular flexibility index (Phi) is 5.01. The first-order valence-corrected chi connectivity index (χ1v) is 11.9. The van der Waals surface area contributed by atoms with Crippen LogP contribution in [0.4, 0.5) is 14.5 Å². The molecule has 1 spiro atoms. The quantitative estimate of drug-likeness (QED) is 0.729. The summed E-state index contributed by atoms with van der Waals surface area (Å²) in [5.41, 5.74) is 1.07. The third-order valence-corrected chi connectivity index (χ3v) is 8.34. The number of carbonyl (C=O) groups is 1. The Morgan fingerprint density at radius 1 is 1.23 bits per heavy atom. The molecule has 0 bridgehead atoms. The van der Waals surface area contributed by atoms with Crippen LogP contribution in [0.25, 0.3) is 10.1 Å². The van der Waals surface area contributed by atoms with Crippen molar-refractivity contribution in [2.24, 2.45) is 5.92 Å². The number of piperidine rings is 2. The molecule has 0 radical (unpaired) electrons. The molecule has 7 heteroatoms. The van der Waals surface area contributed by atoms with Gasteiger partial charge in [-0.25, -0.2) is 8.78 Å². The molecule has 3 heterocycles. The minimum atomic E-state index is -2.54. The van der Waals surface area contributed by atoms with E-state index in [1.807, 2.05) is 29.2 Å². The Bertz CT molecular complexity index is 945. The topological polar surface area (TPSA) is 44.4 Å². The van der Waals surface area contributed by atoms with Crippen LogP contribution in [0.5, 0.6) is 0 Å². The smallest absolute Gasteiger partial charge is 0.261 e. The van der Waals surface area contributed by atoms with E-state index in [-0.39, 0.29) is 30.3 Å². The maximum Gasteiger partial charge on any atom is 0.261 e. The van der Waals surface area contributed by atoms with Crippen LogP contribution < -0.4 is 15.5 Å². The summed E-state index contributed by atoms with van der Waals surface area (Å²) in [6, 6.07) is 8.18. The number of fused-ring (bicyclic) bond motifs is 1. The van der Waals surface area contributed by atoms with Crippen molar-refractivity contribution >= 4 is 33.0 Å². The predicted octanol–water partition coefficient (Wildman–Crippen LogP) is 4.79. The molecule has 2 unspecified atom stereocenters. The van der Waals surface area contributed by atoms with E-state index >= 15 is 0 Å². The Labute approximate surface area is 180 Å². The Morgan fingerprint density at radius 2 is 2.00 bits per heavy atom. The number of benzene rings is 1. The first-order chi connectivity index (χ1) is 14.4. The van der Waals surface area contributed by atoms with Gasteiger partial charge in [0.1, 0.15) is 0 Å². The molecule has 1 saturated carbocycles. The first kappa shape index (κ1) is 20.2. The first-order valence-electron chi connectivity index (χ1n) is 11.1. The van der Waals surface area contributed by atoms with Crippen LogP contribution in [0.15, 0.2) is 24.3 Å². The molecule has 1 aromatic heterocycles. The van der Waals surface area contributed by atoms with Crippen LogP contribution in [0, 0.1) is 5.92 Å². The maximum atomic E-state index is 13.5. The highest BCUT2D eigenvalue weighted by molar-refractivity contribution is 7.20. The number of alkyl halides is 2. The summed E-state index contributed by atoms with van der Waals surface area (Å²) in [5.74, 6) is -2.01. The molecule has 1 aliphatic carbocycles. The molecular formula is C23H29F2N3OS. The van der Waals surface area contributed by atoms with Gasteiger partial charge in [0.25, 0.3) is 11.8 Å². The van der Waals surface area contributed by atoms with Crippen molar-refractivity contribution in [1.82, 2.24) is 10.6 Å². The number of carbonyl (C=O) groups excluding carboxylic acids is 1. The lowest BCUT2D eigenvalue weighted by atomic mass is 9.83. The minimum absolute atomic E-state index is 0.00814. The fraction of sp³-hybridized carbons (Fsp3) is 0.609. The minimum Gasteiger partial charge on any atom is -0.371 e. The van der Waals surface area contributed by atoms with Gasteiger partial charge < -0.3 is 15.5 Å². The molecule has 2 atom stereocenters. The van der Waals surface area contributed by atoms with Crippen molar-refractivity contribution in [3.8, 4) is 0 Å². The highest BCUT2D eigenvalue weighted by Crippen LogP contribution is 2.45. The Hall–Kier alpha value is -1.73. The van der Waals surface area contributed by atoms with Crippen LogP contribution in [-0.4, -0.2) is 43.0 Å². The van der Waals surface area contributed by atoms with Crippen LogP contribution in [0.1, 0.15) is 55.1 Å². The fourth-order valence-electron chi connectivity index (χ4n) is 5.19. The highest BCUT2D eigenvalue weighted by Gasteiger charge is 2.54. The van der Waals surface area contributed by atoms with Crippen molar-refractivity contribution in [2.75, 3.05) is 24.5 Å². The van der Waals surface area contributed by atoms with E-state index in [4.69, 9.17) is 0 Å². The van der Waals surface area contributed by atoms with E-state index in [1.165, 1.54) is 11.3 Å². The number of nitrogens with zero attached hydrogens (tertiary/aromatic N) is 1. The van der Waals surface area contributed by atoms with E-state index in [9.17, 15) is 13.6 Å². The van der Waals surface area contributed by atoms with Gasteiger partial charge in [0.2, 0.25) is 0 Å². The normalized spacial score (nSPS) is 27.4. The second kappa shape index (κ2) is 7.45. The lowest BCUT2D eigenvalue weighted by molar-refractivity contribution is -0.0220. The van der Waals surface area contributed by atoms with Gasteiger partial charge in [0.05, 0.1) is 10.9 Å². The van der Waals surface area contributed by atoms with Gasteiger partial charge in [0, 0.05) is 41.9 Å². The average molecular weight is 434 g/mol. The summed E-state index contributed by atoms with van der Waals surface area (Å²) in [6.45, 7) is 3.99.